The maximum absolute atomic E-state index is 14.5. The third-order valence-electron chi connectivity index (χ3n) is 8.10. The maximum atomic E-state index is 14.5. The van der Waals surface area contributed by atoms with Crippen LogP contribution in [0, 0.1) is 0 Å². The summed E-state index contributed by atoms with van der Waals surface area (Å²) in [7, 11) is 1.59. The van der Waals surface area contributed by atoms with Gasteiger partial charge in [-0.25, -0.2) is 9.79 Å². The normalized spacial score (nSPS) is 14.5. The Kier molecular flexibility index (Phi) is 10.1. The molecule has 48 heavy (non-hydrogen) atoms. The van der Waals surface area contributed by atoms with Gasteiger partial charge in [-0.15, -0.1) is 0 Å². The molecular formula is C39H35BrN2O5S. The average Bonchev–Trinajstić information content (AvgIpc) is 3.41. The predicted octanol–water partition coefficient (Wildman–Crippen LogP) is 7.41. The number of halogens is 1. The van der Waals surface area contributed by atoms with Gasteiger partial charge in [0.25, 0.3) is 5.56 Å². The SMILES string of the molecule is CCOC(=O)C1=C(c2ccccc2)N=c2s/c(=C\c3cccc(OC)c3OCc3ccc(Br)cc3)c(=O)n2[C@@H]1c1ccc(C(C)C)cc1. The first kappa shape index (κ1) is 33.2. The summed E-state index contributed by atoms with van der Waals surface area (Å²) in [6.07, 6.45) is 1.80. The molecule has 6 rings (SSSR count). The van der Waals surface area contributed by atoms with Crippen molar-refractivity contribution in [2.45, 2.75) is 39.3 Å². The topological polar surface area (TPSA) is 79.1 Å². The summed E-state index contributed by atoms with van der Waals surface area (Å²) >= 11 is 4.74. The number of rotatable bonds is 10. The summed E-state index contributed by atoms with van der Waals surface area (Å²) in [4.78, 5) is 33.7. The van der Waals surface area contributed by atoms with Gasteiger partial charge in [-0.1, -0.05) is 120 Å². The van der Waals surface area contributed by atoms with Crippen LogP contribution in [0.1, 0.15) is 60.5 Å². The number of methoxy groups -OCH3 is 1. The van der Waals surface area contributed by atoms with Gasteiger partial charge in [0.2, 0.25) is 0 Å². The lowest BCUT2D eigenvalue weighted by Gasteiger charge is -2.26. The summed E-state index contributed by atoms with van der Waals surface area (Å²) < 4.78 is 20.6. The zero-order chi connectivity index (χ0) is 33.8. The number of benzene rings is 4. The standard InChI is InChI=1S/C39H35BrN2O5S/c1-5-46-38(44)33-34(27-10-7-6-8-11-27)41-39-42(35(33)28-18-16-26(17-19-28)24(2)3)37(43)32(48-39)22-29-12-9-13-31(45-4)36(29)47-23-25-14-20-30(40)21-15-25/h6-22,24,35H,5,23H2,1-4H3/b32-22-/t35-/m1/s1. The van der Waals surface area contributed by atoms with Crippen LogP contribution in [0.4, 0.5) is 0 Å². The zero-order valence-corrected chi connectivity index (χ0v) is 29.5. The van der Waals surface area contributed by atoms with Crippen LogP contribution < -0.4 is 24.4 Å². The summed E-state index contributed by atoms with van der Waals surface area (Å²) in [5.41, 5.74) is 4.91. The van der Waals surface area contributed by atoms with Crippen molar-refractivity contribution in [3.63, 3.8) is 0 Å². The van der Waals surface area contributed by atoms with E-state index in [4.69, 9.17) is 19.2 Å². The molecule has 0 fully saturated rings. The van der Waals surface area contributed by atoms with Gasteiger partial charge in [-0.2, -0.15) is 0 Å². The highest BCUT2D eigenvalue weighted by molar-refractivity contribution is 9.10. The first-order valence-corrected chi connectivity index (χ1v) is 17.3. The van der Waals surface area contributed by atoms with Gasteiger partial charge in [-0.3, -0.25) is 9.36 Å². The number of ether oxygens (including phenoxy) is 3. The Morgan fingerprint density at radius 1 is 0.979 bits per heavy atom. The van der Waals surface area contributed by atoms with Gasteiger partial charge in [0, 0.05) is 15.6 Å². The van der Waals surface area contributed by atoms with E-state index in [2.05, 4.69) is 29.8 Å². The number of thiazole rings is 1. The Morgan fingerprint density at radius 3 is 2.38 bits per heavy atom. The third kappa shape index (κ3) is 6.79. The maximum Gasteiger partial charge on any atom is 0.338 e. The van der Waals surface area contributed by atoms with E-state index in [-0.39, 0.29) is 12.2 Å². The highest BCUT2D eigenvalue weighted by Gasteiger charge is 2.35. The molecule has 1 aromatic heterocycles. The molecule has 0 saturated heterocycles. The summed E-state index contributed by atoms with van der Waals surface area (Å²) in [6, 6.07) is 30.3. The lowest BCUT2D eigenvalue weighted by Crippen LogP contribution is -2.40. The number of carbonyl (C=O) groups is 1. The second-order valence-corrected chi connectivity index (χ2v) is 13.5. The average molecular weight is 724 g/mol. The Morgan fingerprint density at radius 2 is 1.71 bits per heavy atom. The van der Waals surface area contributed by atoms with E-state index in [1.165, 1.54) is 11.3 Å². The van der Waals surface area contributed by atoms with E-state index < -0.39 is 12.0 Å². The molecule has 0 spiro atoms. The molecule has 1 atom stereocenters. The molecule has 244 valence electrons. The largest absolute Gasteiger partial charge is 0.493 e. The Bertz CT molecular complexity index is 2150. The lowest BCUT2D eigenvalue weighted by atomic mass is 9.91. The second-order valence-electron chi connectivity index (χ2n) is 11.5. The van der Waals surface area contributed by atoms with E-state index in [1.807, 2.05) is 97.1 Å². The summed E-state index contributed by atoms with van der Waals surface area (Å²) in [5.74, 6) is 0.882. The van der Waals surface area contributed by atoms with Crippen molar-refractivity contribution in [3.05, 3.63) is 155 Å². The number of hydrogen-bond acceptors (Lipinski definition) is 7. The van der Waals surface area contributed by atoms with E-state index in [0.717, 1.165) is 26.7 Å². The van der Waals surface area contributed by atoms with Crippen LogP contribution in [0.15, 0.2) is 117 Å². The van der Waals surface area contributed by atoms with Gasteiger partial charge >= 0.3 is 5.97 Å². The quantitative estimate of drug-likeness (QED) is 0.140. The van der Waals surface area contributed by atoms with Gasteiger partial charge in [0.05, 0.1) is 35.6 Å². The Labute approximate surface area is 291 Å². The number of carbonyl (C=O) groups excluding carboxylic acids is 1. The van der Waals surface area contributed by atoms with Crippen molar-refractivity contribution in [1.29, 1.82) is 0 Å². The molecule has 7 nitrogen and oxygen atoms in total. The molecule has 0 amide bonds. The van der Waals surface area contributed by atoms with E-state index in [0.29, 0.717) is 50.2 Å². The van der Waals surface area contributed by atoms with Crippen molar-refractivity contribution in [1.82, 2.24) is 4.57 Å². The van der Waals surface area contributed by atoms with Crippen LogP contribution in [-0.4, -0.2) is 24.3 Å². The summed E-state index contributed by atoms with van der Waals surface area (Å²) in [6.45, 7) is 6.53. The zero-order valence-electron chi connectivity index (χ0n) is 27.1. The number of esters is 1. The van der Waals surface area contributed by atoms with Gasteiger partial charge < -0.3 is 14.2 Å². The van der Waals surface area contributed by atoms with Crippen molar-refractivity contribution in [3.8, 4) is 11.5 Å². The van der Waals surface area contributed by atoms with Crippen LogP contribution in [0.25, 0.3) is 11.8 Å². The molecule has 2 heterocycles. The molecule has 1 aliphatic rings. The van der Waals surface area contributed by atoms with Crippen LogP contribution >= 0.6 is 27.3 Å². The van der Waals surface area contributed by atoms with Gasteiger partial charge in [-0.05, 0) is 53.8 Å². The number of para-hydroxylation sites is 1. The van der Waals surface area contributed by atoms with Crippen LogP contribution in [0.2, 0.25) is 0 Å². The first-order chi connectivity index (χ1) is 23.3. The molecule has 5 aromatic rings. The molecule has 0 radical (unpaired) electrons. The van der Waals surface area contributed by atoms with Crippen molar-refractivity contribution < 1.29 is 19.0 Å². The molecule has 0 bridgehead atoms. The first-order valence-electron chi connectivity index (χ1n) is 15.7. The van der Waals surface area contributed by atoms with E-state index in [9.17, 15) is 9.59 Å². The van der Waals surface area contributed by atoms with Crippen molar-refractivity contribution in [2.24, 2.45) is 4.99 Å². The molecule has 0 N–H and O–H groups in total. The van der Waals surface area contributed by atoms with Crippen LogP contribution in [0.5, 0.6) is 11.5 Å². The fourth-order valence-corrected chi connectivity index (χ4v) is 6.91. The second kappa shape index (κ2) is 14.6. The predicted molar refractivity (Wildman–Crippen MR) is 193 cm³/mol. The molecular weight excluding hydrogens is 688 g/mol. The third-order valence-corrected chi connectivity index (χ3v) is 9.62. The number of nitrogens with zero attached hydrogens (tertiary/aromatic N) is 2. The van der Waals surface area contributed by atoms with Gasteiger partial charge in [0.1, 0.15) is 6.61 Å². The smallest absolute Gasteiger partial charge is 0.338 e. The molecule has 1 aliphatic heterocycles. The number of aromatic nitrogens is 1. The highest BCUT2D eigenvalue weighted by Crippen LogP contribution is 2.36. The number of hydrogen-bond donors (Lipinski definition) is 0. The Balaban J connectivity index is 1.55. The molecule has 9 heteroatoms. The van der Waals surface area contributed by atoms with E-state index in [1.54, 1.807) is 24.7 Å². The minimum atomic E-state index is -0.752. The summed E-state index contributed by atoms with van der Waals surface area (Å²) in [5, 5.41) is 0. The Hall–Kier alpha value is -4.73. The van der Waals surface area contributed by atoms with Crippen molar-refractivity contribution >= 4 is 45.0 Å². The van der Waals surface area contributed by atoms with Crippen molar-refractivity contribution in [2.75, 3.05) is 13.7 Å². The molecule has 0 aliphatic carbocycles. The van der Waals surface area contributed by atoms with E-state index >= 15 is 0 Å². The lowest BCUT2D eigenvalue weighted by molar-refractivity contribution is -0.138. The van der Waals surface area contributed by atoms with Crippen LogP contribution in [0.3, 0.4) is 0 Å². The minimum absolute atomic E-state index is 0.187. The minimum Gasteiger partial charge on any atom is -0.493 e. The fraction of sp³-hybridized carbons (Fsp3) is 0.205. The van der Waals surface area contributed by atoms with Crippen LogP contribution in [-0.2, 0) is 16.1 Å². The monoisotopic (exact) mass is 722 g/mol. The number of fused-ring (bicyclic) bond motifs is 1. The molecule has 4 aromatic carbocycles. The highest BCUT2D eigenvalue weighted by atomic mass is 79.9. The van der Waals surface area contributed by atoms with Gasteiger partial charge in [0.15, 0.2) is 16.3 Å². The fourth-order valence-electron chi connectivity index (χ4n) is 5.66. The molecule has 0 saturated carbocycles. The molecule has 0 unspecified atom stereocenters.